The standard InChI is InChI=1S/C34H27F9O/c1-2-3-18-4-6-19(7-5-18)21-13-28(37)32(29(38)14-21)34(42,43)44-23-9-11-24(27(36)17-23)20-8-10-25(26(35)12-20)22-15-30(39)33(41)31(40)16-22/h8-19H,2-7H2,1H3. The Morgan fingerprint density at radius 2 is 1.18 bits per heavy atom. The summed E-state index contributed by atoms with van der Waals surface area (Å²) in [6.07, 6.45) is 0.836. The van der Waals surface area contributed by atoms with E-state index in [2.05, 4.69) is 11.7 Å². The highest BCUT2D eigenvalue weighted by Gasteiger charge is 2.41. The Bertz CT molecular complexity index is 1630. The third-order valence-electron chi connectivity index (χ3n) is 8.13. The maximum atomic E-state index is 15.0. The van der Waals surface area contributed by atoms with Crippen molar-refractivity contribution in [2.24, 2.45) is 5.92 Å². The van der Waals surface area contributed by atoms with Gasteiger partial charge in [-0.15, -0.1) is 0 Å². The van der Waals surface area contributed by atoms with Gasteiger partial charge in [-0.1, -0.05) is 31.9 Å². The Kier molecular flexibility index (Phi) is 9.00. The second-order valence-corrected chi connectivity index (χ2v) is 11.1. The lowest BCUT2D eigenvalue weighted by molar-refractivity contribution is -0.189. The van der Waals surface area contributed by atoms with E-state index < -0.39 is 58.1 Å². The molecular formula is C34H27F9O. The fourth-order valence-electron chi connectivity index (χ4n) is 5.92. The SMILES string of the molecule is CCCC1CCC(c2cc(F)c(C(F)(F)Oc3ccc(-c4ccc(-c5cc(F)c(F)c(F)c5)c(F)c4)c(F)c3)c(F)c2)CC1. The zero-order valence-corrected chi connectivity index (χ0v) is 23.5. The zero-order valence-electron chi connectivity index (χ0n) is 23.5. The van der Waals surface area contributed by atoms with E-state index in [1.54, 1.807) is 0 Å². The van der Waals surface area contributed by atoms with Gasteiger partial charge in [0.25, 0.3) is 0 Å². The number of hydrogen-bond acceptors (Lipinski definition) is 1. The Balaban J connectivity index is 1.34. The predicted octanol–water partition coefficient (Wildman–Crippen LogP) is 11.2. The van der Waals surface area contributed by atoms with Gasteiger partial charge in [0.1, 0.15) is 34.6 Å². The third-order valence-corrected chi connectivity index (χ3v) is 8.13. The van der Waals surface area contributed by atoms with Crippen LogP contribution < -0.4 is 4.74 Å². The monoisotopic (exact) mass is 622 g/mol. The lowest BCUT2D eigenvalue weighted by Crippen LogP contribution is -2.25. The lowest BCUT2D eigenvalue weighted by atomic mass is 9.77. The normalized spacial score (nSPS) is 17.1. The Morgan fingerprint density at radius 3 is 1.75 bits per heavy atom. The van der Waals surface area contributed by atoms with Crippen LogP contribution in [0.3, 0.4) is 0 Å². The molecule has 44 heavy (non-hydrogen) atoms. The molecule has 0 spiro atoms. The first-order valence-electron chi connectivity index (χ1n) is 14.2. The molecule has 232 valence electrons. The summed E-state index contributed by atoms with van der Waals surface area (Å²) in [6, 6.07) is 8.59. The molecule has 0 saturated heterocycles. The summed E-state index contributed by atoms with van der Waals surface area (Å²) in [5.41, 5.74) is -2.22. The molecule has 0 radical (unpaired) electrons. The minimum Gasteiger partial charge on any atom is -0.429 e. The van der Waals surface area contributed by atoms with Crippen LogP contribution in [-0.4, -0.2) is 0 Å². The molecule has 0 aliphatic heterocycles. The van der Waals surface area contributed by atoms with Crippen molar-refractivity contribution in [3.8, 4) is 28.0 Å². The van der Waals surface area contributed by atoms with Gasteiger partial charge < -0.3 is 4.74 Å². The summed E-state index contributed by atoms with van der Waals surface area (Å²) in [5, 5.41) is 0. The highest BCUT2D eigenvalue weighted by molar-refractivity contribution is 5.72. The maximum Gasteiger partial charge on any atom is 0.432 e. The van der Waals surface area contributed by atoms with E-state index in [4.69, 9.17) is 0 Å². The number of rotatable bonds is 8. The van der Waals surface area contributed by atoms with Gasteiger partial charge in [0, 0.05) is 17.2 Å². The molecule has 4 aromatic rings. The van der Waals surface area contributed by atoms with Crippen LogP contribution in [0, 0.1) is 46.6 Å². The predicted molar refractivity (Wildman–Crippen MR) is 148 cm³/mol. The van der Waals surface area contributed by atoms with Crippen molar-refractivity contribution >= 4 is 0 Å². The molecular weight excluding hydrogens is 595 g/mol. The van der Waals surface area contributed by atoms with Crippen LogP contribution >= 0.6 is 0 Å². The average molecular weight is 623 g/mol. The quantitative estimate of drug-likeness (QED) is 0.140. The second kappa shape index (κ2) is 12.6. The first-order valence-corrected chi connectivity index (χ1v) is 14.2. The average Bonchev–Trinajstić information content (AvgIpc) is 2.95. The van der Waals surface area contributed by atoms with E-state index in [0.717, 1.165) is 62.1 Å². The number of benzene rings is 4. The lowest BCUT2D eigenvalue weighted by Gasteiger charge is -2.29. The van der Waals surface area contributed by atoms with Crippen molar-refractivity contribution in [2.45, 2.75) is 57.5 Å². The summed E-state index contributed by atoms with van der Waals surface area (Å²) in [5.74, 6) is -10.2. The van der Waals surface area contributed by atoms with Gasteiger partial charge in [-0.25, -0.2) is 30.7 Å². The summed E-state index contributed by atoms with van der Waals surface area (Å²) in [4.78, 5) is 0. The molecule has 0 bridgehead atoms. The molecule has 0 atom stereocenters. The number of ether oxygens (including phenoxy) is 1. The molecule has 1 aliphatic carbocycles. The topological polar surface area (TPSA) is 9.23 Å². The van der Waals surface area contributed by atoms with Crippen LogP contribution in [0.15, 0.2) is 60.7 Å². The summed E-state index contributed by atoms with van der Waals surface area (Å²) >= 11 is 0. The molecule has 5 rings (SSSR count). The van der Waals surface area contributed by atoms with E-state index in [0.29, 0.717) is 42.5 Å². The van der Waals surface area contributed by atoms with Crippen LogP contribution in [0.2, 0.25) is 0 Å². The molecule has 0 unspecified atom stereocenters. The van der Waals surface area contributed by atoms with Crippen LogP contribution in [0.25, 0.3) is 22.3 Å². The first-order chi connectivity index (χ1) is 20.9. The third kappa shape index (κ3) is 6.44. The van der Waals surface area contributed by atoms with Gasteiger partial charge in [0.2, 0.25) is 0 Å². The van der Waals surface area contributed by atoms with Crippen molar-refractivity contribution in [1.29, 1.82) is 0 Å². The van der Waals surface area contributed by atoms with E-state index in [1.165, 1.54) is 6.07 Å². The largest absolute Gasteiger partial charge is 0.432 e. The minimum atomic E-state index is -4.49. The van der Waals surface area contributed by atoms with Crippen LogP contribution in [0.4, 0.5) is 39.5 Å². The zero-order chi connectivity index (χ0) is 31.8. The molecule has 1 aliphatic rings. The molecule has 1 saturated carbocycles. The van der Waals surface area contributed by atoms with Crippen molar-refractivity contribution in [1.82, 2.24) is 0 Å². The van der Waals surface area contributed by atoms with Gasteiger partial charge in [-0.05, 0) is 96.7 Å². The van der Waals surface area contributed by atoms with Crippen molar-refractivity contribution < 1.29 is 44.3 Å². The molecule has 0 heterocycles. The van der Waals surface area contributed by atoms with E-state index in [1.807, 2.05) is 0 Å². The van der Waals surface area contributed by atoms with Gasteiger partial charge >= 0.3 is 6.11 Å². The van der Waals surface area contributed by atoms with Gasteiger partial charge in [-0.3, -0.25) is 0 Å². The first kappa shape index (κ1) is 31.5. The fourth-order valence-corrected chi connectivity index (χ4v) is 5.92. The Morgan fingerprint density at radius 1 is 0.636 bits per heavy atom. The van der Waals surface area contributed by atoms with Crippen LogP contribution in [0.1, 0.15) is 62.5 Å². The van der Waals surface area contributed by atoms with Crippen molar-refractivity contribution in [3.05, 3.63) is 113 Å². The Labute approximate surface area is 248 Å². The van der Waals surface area contributed by atoms with Crippen molar-refractivity contribution in [3.63, 3.8) is 0 Å². The molecule has 0 aromatic heterocycles. The molecule has 10 heteroatoms. The van der Waals surface area contributed by atoms with Gasteiger partial charge in [0.15, 0.2) is 17.5 Å². The van der Waals surface area contributed by atoms with E-state index in [9.17, 15) is 30.7 Å². The molecule has 4 aromatic carbocycles. The van der Waals surface area contributed by atoms with E-state index >= 15 is 8.78 Å². The highest BCUT2D eigenvalue weighted by Crippen LogP contribution is 2.41. The van der Waals surface area contributed by atoms with E-state index in [-0.39, 0.29) is 28.2 Å². The summed E-state index contributed by atoms with van der Waals surface area (Å²) < 4.78 is 135. The van der Waals surface area contributed by atoms with Gasteiger partial charge in [0.05, 0.1) is 0 Å². The summed E-state index contributed by atoms with van der Waals surface area (Å²) in [7, 11) is 0. The molecule has 0 amide bonds. The molecule has 1 nitrogen and oxygen atoms in total. The fraction of sp³-hybridized carbons (Fsp3) is 0.294. The van der Waals surface area contributed by atoms with Gasteiger partial charge in [-0.2, -0.15) is 8.78 Å². The minimum absolute atomic E-state index is 0.0680. The number of hydrogen-bond donors (Lipinski definition) is 0. The number of halogens is 9. The van der Waals surface area contributed by atoms with Crippen LogP contribution in [-0.2, 0) is 6.11 Å². The second-order valence-electron chi connectivity index (χ2n) is 11.1. The summed E-state index contributed by atoms with van der Waals surface area (Å²) in [6.45, 7) is 2.09. The molecule has 1 fully saturated rings. The smallest absolute Gasteiger partial charge is 0.429 e. The number of alkyl halides is 2. The maximum absolute atomic E-state index is 15.0. The van der Waals surface area contributed by atoms with Crippen molar-refractivity contribution in [2.75, 3.05) is 0 Å². The molecule has 0 N–H and O–H groups in total. The van der Waals surface area contributed by atoms with Crippen LogP contribution in [0.5, 0.6) is 5.75 Å². The highest BCUT2D eigenvalue weighted by atomic mass is 19.3. The Hall–Kier alpha value is -3.95.